The van der Waals surface area contributed by atoms with Gasteiger partial charge >= 0.3 is 5.69 Å². The summed E-state index contributed by atoms with van der Waals surface area (Å²) in [7, 11) is 0. The lowest BCUT2D eigenvalue weighted by Crippen LogP contribution is -2.33. The van der Waals surface area contributed by atoms with Crippen molar-refractivity contribution >= 4 is 5.91 Å². The summed E-state index contributed by atoms with van der Waals surface area (Å²) < 4.78 is 0. The van der Waals surface area contributed by atoms with E-state index >= 15 is 0 Å². The molecule has 1 N–H and O–H groups in total. The van der Waals surface area contributed by atoms with Gasteiger partial charge in [0, 0.05) is 18.4 Å². The average Bonchev–Trinajstić information content (AvgIpc) is 3.23. The van der Waals surface area contributed by atoms with Crippen molar-refractivity contribution in [3.8, 4) is 0 Å². The molecule has 4 rings (SSSR count). The van der Waals surface area contributed by atoms with Crippen molar-refractivity contribution in [2.75, 3.05) is 6.54 Å². The first-order valence-electron chi connectivity index (χ1n) is 8.66. The molecule has 1 amide bonds. The Morgan fingerprint density at radius 3 is 2.96 bits per heavy atom. The number of nitrogens with zero attached hydrogens (tertiary/aromatic N) is 2. The van der Waals surface area contributed by atoms with Crippen LogP contribution in [0, 0.1) is 0 Å². The van der Waals surface area contributed by atoms with E-state index in [0.29, 0.717) is 6.42 Å². The van der Waals surface area contributed by atoms with Crippen LogP contribution in [-0.2, 0) is 24.1 Å². The van der Waals surface area contributed by atoms with Gasteiger partial charge in [-0.05, 0) is 54.9 Å². The minimum absolute atomic E-state index is 0.0392. The predicted molar refractivity (Wildman–Crippen MR) is 90.7 cm³/mol. The highest BCUT2D eigenvalue weighted by molar-refractivity contribution is 5.79. The van der Waals surface area contributed by atoms with Gasteiger partial charge in [0.2, 0.25) is 5.91 Å². The number of nitrogens with one attached hydrogen (secondary N) is 1. The molecule has 24 heavy (non-hydrogen) atoms. The Morgan fingerprint density at radius 1 is 1.21 bits per heavy atom. The molecule has 1 aliphatic carbocycles. The Hall–Kier alpha value is -2.43. The molecule has 0 spiro atoms. The summed E-state index contributed by atoms with van der Waals surface area (Å²) in [6.07, 6.45) is 7.29. The molecule has 1 fully saturated rings. The molecule has 5 heteroatoms. The summed E-state index contributed by atoms with van der Waals surface area (Å²) >= 11 is 0. The number of fused-ring (bicyclic) bond motifs is 1. The summed E-state index contributed by atoms with van der Waals surface area (Å²) in [5, 5.41) is 0. The molecule has 1 unspecified atom stereocenters. The van der Waals surface area contributed by atoms with E-state index in [2.05, 4.69) is 28.2 Å². The van der Waals surface area contributed by atoms with Crippen LogP contribution in [0.25, 0.3) is 0 Å². The maximum atomic E-state index is 12.8. The van der Waals surface area contributed by atoms with E-state index in [0.717, 1.165) is 43.5 Å². The largest absolute Gasteiger partial charge is 0.345 e. The lowest BCUT2D eigenvalue weighted by Gasteiger charge is -2.24. The molecule has 0 bridgehead atoms. The first-order valence-corrected chi connectivity index (χ1v) is 8.66. The van der Waals surface area contributed by atoms with Crippen LogP contribution < -0.4 is 5.69 Å². The van der Waals surface area contributed by atoms with Gasteiger partial charge in [0.1, 0.15) is 0 Å². The standard InChI is InChI=1S/C19H21N3O2/c23-18(12-13-6-7-14-3-1-4-15(14)11-13)22-10-2-5-17(22)16-8-9-20-19(24)21-16/h6-9,11,17H,1-5,10,12H2,(H,20,21,24). The molecule has 2 aromatic rings. The lowest BCUT2D eigenvalue weighted by molar-refractivity contribution is -0.131. The number of aromatic amines is 1. The summed E-state index contributed by atoms with van der Waals surface area (Å²) in [5.74, 6) is 0.133. The Morgan fingerprint density at radius 2 is 2.08 bits per heavy atom. The highest BCUT2D eigenvalue weighted by Gasteiger charge is 2.30. The van der Waals surface area contributed by atoms with E-state index < -0.39 is 0 Å². The third-order valence-corrected chi connectivity index (χ3v) is 5.15. The fourth-order valence-electron chi connectivity index (χ4n) is 3.98. The fraction of sp³-hybridized carbons (Fsp3) is 0.421. The lowest BCUT2D eigenvalue weighted by atomic mass is 10.0. The molecular formula is C19H21N3O2. The fourth-order valence-corrected chi connectivity index (χ4v) is 3.98. The molecule has 0 saturated carbocycles. The number of rotatable bonds is 3. The smallest absolute Gasteiger partial charge is 0.334 e. The Labute approximate surface area is 140 Å². The monoisotopic (exact) mass is 323 g/mol. The number of likely N-dealkylation sites (tertiary alicyclic amines) is 1. The topological polar surface area (TPSA) is 66.1 Å². The van der Waals surface area contributed by atoms with Crippen molar-refractivity contribution in [1.82, 2.24) is 14.9 Å². The molecule has 2 aliphatic rings. The number of hydrogen-bond donors (Lipinski definition) is 1. The molecule has 1 atom stereocenters. The van der Waals surface area contributed by atoms with Gasteiger partial charge in [-0.25, -0.2) is 9.78 Å². The van der Waals surface area contributed by atoms with Crippen molar-refractivity contribution in [2.24, 2.45) is 0 Å². The quantitative estimate of drug-likeness (QED) is 0.941. The van der Waals surface area contributed by atoms with Gasteiger partial charge in [0.25, 0.3) is 0 Å². The van der Waals surface area contributed by atoms with Crippen LogP contribution in [0.2, 0.25) is 0 Å². The van der Waals surface area contributed by atoms with E-state index in [1.807, 2.05) is 4.90 Å². The molecule has 124 valence electrons. The second-order valence-electron chi connectivity index (χ2n) is 6.71. The van der Waals surface area contributed by atoms with E-state index in [9.17, 15) is 9.59 Å². The van der Waals surface area contributed by atoms with Crippen molar-refractivity contribution < 1.29 is 4.79 Å². The average molecular weight is 323 g/mol. The first kappa shape index (κ1) is 15.1. The van der Waals surface area contributed by atoms with Crippen LogP contribution in [0.4, 0.5) is 0 Å². The number of carbonyl (C=O) groups is 1. The van der Waals surface area contributed by atoms with E-state index in [1.165, 1.54) is 23.7 Å². The van der Waals surface area contributed by atoms with Crippen molar-refractivity contribution in [3.05, 3.63) is 63.3 Å². The van der Waals surface area contributed by atoms with Gasteiger partial charge in [-0.1, -0.05) is 18.2 Å². The normalized spacial score (nSPS) is 19.5. The molecule has 1 aromatic heterocycles. The first-order chi connectivity index (χ1) is 11.7. The zero-order valence-electron chi connectivity index (χ0n) is 13.6. The van der Waals surface area contributed by atoms with Crippen molar-refractivity contribution in [2.45, 2.75) is 44.6 Å². The Bertz CT molecular complexity index is 827. The van der Waals surface area contributed by atoms with Crippen LogP contribution in [0.1, 0.15) is 47.7 Å². The highest BCUT2D eigenvalue weighted by Crippen LogP contribution is 2.31. The zero-order valence-corrected chi connectivity index (χ0v) is 13.6. The second-order valence-corrected chi connectivity index (χ2v) is 6.71. The molecule has 5 nitrogen and oxygen atoms in total. The molecule has 1 saturated heterocycles. The third-order valence-electron chi connectivity index (χ3n) is 5.15. The maximum absolute atomic E-state index is 12.8. The van der Waals surface area contributed by atoms with Crippen LogP contribution in [0.5, 0.6) is 0 Å². The molecule has 0 radical (unpaired) electrons. The predicted octanol–water partition coefficient (Wildman–Crippen LogP) is 2.16. The number of amides is 1. The Kier molecular flexibility index (Phi) is 3.92. The summed E-state index contributed by atoms with van der Waals surface area (Å²) in [6, 6.07) is 8.21. The van der Waals surface area contributed by atoms with Crippen LogP contribution >= 0.6 is 0 Å². The van der Waals surface area contributed by atoms with E-state index in [4.69, 9.17) is 0 Å². The summed E-state index contributed by atoms with van der Waals surface area (Å²) in [4.78, 5) is 32.6. The van der Waals surface area contributed by atoms with Gasteiger partial charge < -0.3 is 9.88 Å². The van der Waals surface area contributed by atoms with E-state index in [-0.39, 0.29) is 17.6 Å². The molecule has 2 heterocycles. The number of H-pyrrole nitrogens is 1. The van der Waals surface area contributed by atoms with Gasteiger partial charge in [-0.3, -0.25) is 4.79 Å². The van der Waals surface area contributed by atoms with Gasteiger partial charge in [-0.15, -0.1) is 0 Å². The van der Waals surface area contributed by atoms with Crippen molar-refractivity contribution in [3.63, 3.8) is 0 Å². The summed E-state index contributed by atoms with van der Waals surface area (Å²) in [5.41, 5.74) is 4.35. The number of carbonyl (C=O) groups excluding carboxylic acids is 1. The molecular weight excluding hydrogens is 302 g/mol. The SMILES string of the molecule is O=C(Cc1ccc2c(c1)CCC2)N1CCCC1c1ccnc(=O)[nH]1. The minimum Gasteiger partial charge on any atom is -0.334 e. The number of hydrogen-bond acceptors (Lipinski definition) is 3. The Balaban J connectivity index is 1.52. The minimum atomic E-state index is -0.356. The van der Waals surface area contributed by atoms with Gasteiger partial charge in [0.05, 0.1) is 12.5 Å². The zero-order chi connectivity index (χ0) is 16.5. The van der Waals surface area contributed by atoms with Crippen LogP contribution in [0.3, 0.4) is 0 Å². The number of aryl methyl sites for hydroxylation is 2. The highest BCUT2D eigenvalue weighted by atomic mass is 16.2. The molecule has 1 aliphatic heterocycles. The summed E-state index contributed by atoms with van der Waals surface area (Å²) in [6.45, 7) is 0.749. The second kappa shape index (κ2) is 6.23. The molecule has 1 aromatic carbocycles. The third kappa shape index (κ3) is 2.86. The van der Waals surface area contributed by atoms with Crippen LogP contribution in [0.15, 0.2) is 35.3 Å². The van der Waals surface area contributed by atoms with Gasteiger partial charge in [-0.2, -0.15) is 0 Å². The number of benzene rings is 1. The number of aromatic nitrogens is 2. The van der Waals surface area contributed by atoms with Gasteiger partial charge in [0.15, 0.2) is 0 Å². The van der Waals surface area contributed by atoms with Crippen molar-refractivity contribution in [1.29, 1.82) is 0 Å². The maximum Gasteiger partial charge on any atom is 0.345 e. The van der Waals surface area contributed by atoms with Crippen LogP contribution in [-0.4, -0.2) is 27.3 Å². The van der Waals surface area contributed by atoms with E-state index in [1.54, 1.807) is 6.07 Å².